The van der Waals surface area contributed by atoms with Crippen LogP contribution in [-0.2, 0) is 13.3 Å². The van der Waals surface area contributed by atoms with Gasteiger partial charge in [-0.2, -0.15) is 0 Å². The number of hydrogen-bond donors (Lipinski definition) is 0. The molecule has 0 atom stereocenters. The van der Waals surface area contributed by atoms with Gasteiger partial charge in [-0.25, -0.2) is 0 Å². The third kappa shape index (κ3) is 1.57. The van der Waals surface area contributed by atoms with Crippen molar-refractivity contribution in [2.75, 3.05) is 21.3 Å². The topological polar surface area (TPSA) is 27.7 Å². The third-order valence-corrected chi connectivity index (χ3v) is 5.91. The molecule has 1 rings (SSSR count). The highest BCUT2D eigenvalue weighted by Gasteiger charge is 2.52. The Labute approximate surface area is 75.4 Å². The van der Waals surface area contributed by atoms with Gasteiger partial charge in [0.2, 0.25) is 0 Å². The molecule has 12 heavy (non-hydrogen) atoms. The molecule has 0 aromatic heterocycles. The lowest BCUT2D eigenvalue weighted by Gasteiger charge is -2.41. The van der Waals surface area contributed by atoms with Crippen LogP contribution in [0.15, 0.2) is 0 Å². The van der Waals surface area contributed by atoms with E-state index in [-0.39, 0.29) is 0 Å². The van der Waals surface area contributed by atoms with Gasteiger partial charge in [-0.05, 0) is 18.8 Å². The fraction of sp³-hybridized carbons (Fsp3) is 1.00. The summed E-state index contributed by atoms with van der Waals surface area (Å²) in [5, 5.41) is 0. The Morgan fingerprint density at radius 2 is 1.42 bits per heavy atom. The second-order valence-electron chi connectivity index (χ2n) is 3.49. The highest BCUT2D eigenvalue weighted by molar-refractivity contribution is 6.62. The minimum absolute atomic E-state index is 0.521. The van der Waals surface area contributed by atoms with E-state index in [1.807, 2.05) is 0 Å². The van der Waals surface area contributed by atoms with Gasteiger partial charge in [0.05, 0.1) is 0 Å². The highest BCUT2D eigenvalue weighted by Crippen LogP contribution is 2.45. The molecule has 0 bridgehead atoms. The zero-order valence-electron chi connectivity index (χ0n) is 8.29. The van der Waals surface area contributed by atoms with Gasteiger partial charge in [0.25, 0.3) is 0 Å². The maximum atomic E-state index is 5.38. The van der Waals surface area contributed by atoms with Crippen molar-refractivity contribution in [2.24, 2.45) is 5.92 Å². The van der Waals surface area contributed by atoms with Crippen molar-refractivity contribution < 1.29 is 13.3 Å². The van der Waals surface area contributed by atoms with Crippen LogP contribution < -0.4 is 0 Å². The fourth-order valence-corrected chi connectivity index (χ4v) is 4.82. The molecule has 1 fully saturated rings. The summed E-state index contributed by atoms with van der Waals surface area (Å²) in [6.45, 7) is 2.25. The van der Waals surface area contributed by atoms with Gasteiger partial charge in [-0.3, -0.25) is 0 Å². The van der Waals surface area contributed by atoms with E-state index >= 15 is 0 Å². The van der Waals surface area contributed by atoms with Crippen LogP contribution in [0.3, 0.4) is 0 Å². The lowest BCUT2D eigenvalue weighted by atomic mass is 9.87. The molecule has 0 unspecified atom stereocenters. The van der Waals surface area contributed by atoms with Crippen molar-refractivity contribution in [1.29, 1.82) is 0 Å². The van der Waals surface area contributed by atoms with Gasteiger partial charge in [0, 0.05) is 26.9 Å². The summed E-state index contributed by atoms with van der Waals surface area (Å²) in [5.74, 6) is 0.808. The van der Waals surface area contributed by atoms with Crippen LogP contribution in [0.5, 0.6) is 0 Å². The normalized spacial score (nSPS) is 30.0. The minimum atomic E-state index is -2.28. The maximum Gasteiger partial charge on any atom is 0.503 e. The zero-order valence-corrected chi connectivity index (χ0v) is 9.29. The van der Waals surface area contributed by atoms with Gasteiger partial charge < -0.3 is 13.3 Å². The van der Waals surface area contributed by atoms with Crippen LogP contribution in [-0.4, -0.2) is 30.1 Å². The zero-order chi connectivity index (χ0) is 9.19. The molecule has 0 saturated heterocycles. The van der Waals surface area contributed by atoms with Crippen molar-refractivity contribution >= 4 is 8.80 Å². The molecule has 1 saturated carbocycles. The summed E-state index contributed by atoms with van der Waals surface area (Å²) in [7, 11) is 2.77. The molecule has 0 aliphatic heterocycles. The molecule has 1 aliphatic carbocycles. The van der Waals surface area contributed by atoms with E-state index < -0.39 is 8.80 Å². The Balaban J connectivity index is 2.53. The van der Waals surface area contributed by atoms with E-state index in [4.69, 9.17) is 13.3 Å². The second-order valence-corrected chi connectivity index (χ2v) is 6.74. The van der Waals surface area contributed by atoms with Crippen molar-refractivity contribution in [3.05, 3.63) is 0 Å². The molecule has 0 radical (unpaired) electrons. The molecule has 0 aromatic rings. The molecule has 72 valence electrons. The summed E-state index contributed by atoms with van der Waals surface area (Å²) in [4.78, 5) is 0. The Morgan fingerprint density at radius 3 is 1.67 bits per heavy atom. The molecule has 4 heteroatoms. The van der Waals surface area contributed by atoms with Crippen LogP contribution in [0, 0.1) is 5.92 Å². The van der Waals surface area contributed by atoms with E-state index in [1.165, 1.54) is 12.8 Å². The molecule has 0 aromatic carbocycles. The molecule has 0 spiro atoms. The quantitative estimate of drug-likeness (QED) is 0.631. The van der Waals surface area contributed by atoms with Gasteiger partial charge in [0.15, 0.2) is 0 Å². The summed E-state index contributed by atoms with van der Waals surface area (Å²) < 4.78 is 16.1. The number of rotatable bonds is 4. The lowest BCUT2D eigenvalue weighted by molar-refractivity contribution is 0.0870. The van der Waals surface area contributed by atoms with Crippen LogP contribution in [0.4, 0.5) is 0 Å². The Hall–Kier alpha value is 0.0969. The molecule has 0 amide bonds. The van der Waals surface area contributed by atoms with E-state index in [9.17, 15) is 0 Å². The molecule has 1 aliphatic rings. The smallest absolute Gasteiger partial charge is 0.377 e. The summed E-state index contributed by atoms with van der Waals surface area (Å²) >= 11 is 0. The van der Waals surface area contributed by atoms with Crippen LogP contribution in [0.2, 0.25) is 5.54 Å². The average Bonchev–Trinajstić information content (AvgIpc) is 2.05. The third-order valence-electron chi connectivity index (χ3n) is 2.73. The highest BCUT2D eigenvalue weighted by atomic mass is 28.4. The van der Waals surface area contributed by atoms with Crippen molar-refractivity contribution in [1.82, 2.24) is 0 Å². The lowest BCUT2D eigenvalue weighted by Crippen LogP contribution is -2.51. The molecular weight excluding hydrogens is 172 g/mol. The second kappa shape index (κ2) is 3.87. The fourth-order valence-electron chi connectivity index (χ4n) is 1.94. The predicted octanol–water partition coefficient (Wildman–Crippen LogP) is 1.66. The van der Waals surface area contributed by atoms with E-state index in [1.54, 1.807) is 21.3 Å². The summed E-state index contributed by atoms with van der Waals surface area (Å²) in [5.41, 5.74) is 0.521. The Bertz CT molecular complexity index is 133. The van der Waals surface area contributed by atoms with Crippen LogP contribution in [0.25, 0.3) is 0 Å². The van der Waals surface area contributed by atoms with Crippen LogP contribution >= 0.6 is 0 Å². The molecule has 0 heterocycles. The predicted molar refractivity (Wildman–Crippen MR) is 48.9 cm³/mol. The van der Waals surface area contributed by atoms with E-state index in [0.717, 1.165) is 5.92 Å². The Morgan fingerprint density at radius 1 is 1.00 bits per heavy atom. The first-order chi connectivity index (χ1) is 5.68. The first-order valence-electron chi connectivity index (χ1n) is 4.34. The van der Waals surface area contributed by atoms with Crippen molar-refractivity contribution in [3.63, 3.8) is 0 Å². The monoisotopic (exact) mass is 190 g/mol. The van der Waals surface area contributed by atoms with E-state index in [2.05, 4.69) is 6.92 Å². The molecule has 3 nitrogen and oxygen atoms in total. The average molecular weight is 190 g/mol. The SMILES string of the molecule is CO[Si](OC)(OC)C1CC(C)C1. The maximum absolute atomic E-state index is 5.38. The van der Waals surface area contributed by atoms with Gasteiger partial charge in [0.1, 0.15) is 0 Å². The first kappa shape index (κ1) is 10.2. The largest absolute Gasteiger partial charge is 0.503 e. The van der Waals surface area contributed by atoms with Gasteiger partial charge in [-0.1, -0.05) is 6.92 Å². The van der Waals surface area contributed by atoms with Crippen LogP contribution in [0.1, 0.15) is 19.8 Å². The standard InChI is InChI=1S/C8H18O3Si/c1-7-5-8(6-7)12(9-2,10-3)11-4/h7-8H,5-6H2,1-4H3. The Kier molecular flexibility index (Phi) is 3.28. The van der Waals surface area contributed by atoms with Crippen molar-refractivity contribution in [2.45, 2.75) is 25.3 Å². The minimum Gasteiger partial charge on any atom is -0.377 e. The molecule has 0 N–H and O–H groups in total. The van der Waals surface area contributed by atoms with Crippen molar-refractivity contribution in [3.8, 4) is 0 Å². The van der Waals surface area contributed by atoms with Gasteiger partial charge >= 0.3 is 8.80 Å². The summed E-state index contributed by atoms with van der Waals surface area (Å²) in [6.07, 6.45) is 2.36. The van der Waals surface area contributed by atoms with E-state index in [0.29, 0.717) is 5.54 Å². The van der Waals surface area contributed by atoms with Gasteiger partial charge in [-0.15, -0.1) is 0 Å². The first-order valence-corrected chi connectivity index (χ1v) is 6.14. The number of hydrogen-bond acceptors (Lipinski definition) is 3. The summed E-state index contributed by atoms with van der Waals surface area (Å²) in [6, 6.07) is 0. The molecular formula is C8H18O3Si.